The van der Waals surface area contributed by atoms with E-state index in [-0.39, 0.29) is 0 Å². The van der Waals surface area contributed by atoms with Crippen molar-refractivity contribution in [3.63, 3.8) is 0 Å². The molecule has 1 fully saturated rings. The van der Waals surface area contributed by atoms with E-state index in [0.717, 1.165) is 26.3 Å². The van der Waals surface area contributed by atoms with Gasteiger partial charge in [-0.15, -0.1) is 0 Å². The van der Waals surface area contributed by atoms with Gasteiger partial charge in [-0.25, -0.2) is 10.0 Å². The lowest BCUT2D eigenvalue weighted by Gasteiger charge is -2.30. The SMILES string of the molecule is CCN(CNCCCNC1=CCCC=C1C)N1CCCC1. The number of allylic oxidation sites excluding steroid dienone is 3. The lowest BCUT2D eigenvalue weighted by molar-refractivity contribution is -0.00534. The summed E-state index contributed by atoms with van der Waals surface area (Å²) in [7, 11) is 0. The molecule has 1 aliphatic carbocycles. The van der Waals surface area contributed by atoms with E-state index in [1.54, 1.807) is 0 Å². The zero-order valence-electron chi connectivity index (χ0n) is 13.8. The Labute approximate surface area is 130 Å². The molecule has 4 heteroatoms. The van der Waals surface area contributed by atoms with Gasteiger partial charge >= 0.3 is 0 Å². The van der Waals surface area contributed by atoms with Crippen molar-refractivity contribution in [1.82, 2.24) is 20.7 Å². The van der Waals surface area contributed by atoms with Crippen LogP contribution in [-0.2, 0) is 0 Å². The minimum Gasteiger partial charge on any atom is -0.385 e. The van der Waals surface area contributed by atoms with Gasteiger partial charge in [0, 0.05) is 31.9 Å². The third-order valence-corrected chi connectivity index (χ3v) is 4.38. The van der Waals surface area contributed by atoms with Gasteiger partial charge in [0.25, 0.3) is 0 Å². The fourth-order valence-electron chi connectivity index (χ4n) is 3.05. The molecule has 0 atom stereocenters. The Morgan fingerprint density at radius 2 is 1.90 bits per heavy atom. The topological polar surface area (TPSA) is 30.5 Å². The van der Waals surface area contributed by atoms with Crippen molar-refractivity contribution in [2.24, 2.45) is 0 Å². The van der Waals surface area contributed by atoms with E-state index >= 15 is 0 Å². The number of hydrogen-bond acceptors (Lipinski definition) is 4. The monoisotopic (exact) mass is 292 g/mol. The zero-order valence-corrected chi connectivity index (χ0v) is 13.8. The van der Waals surface area contributed by atoms with Gasteiger partial charge in [0.2, 0.25) is 0 Å². The van der Waals surface area contributed by atoms with E-state index in [4.69, 9.17) is 0 Å². The van der Waals surface area contributed by atoms with Gasteiger partial charge in [-0.2, -0.15) is 0 Å². The summed E-state index contributed by atoms with van der Waals surface area (Å²) in [5.74, 6) is 0. The maximum Gasteiger partial charge on any atom is 0.0623 e. The minimum absolute atomic E-state index is 0.984. The molecule has 0 radical (unpaired) electrons. The van der Waals surface area contributed by atoms with Crippen LogP contribution in [0, 0.1) is 0 Å². The third kappa shape index (κ3) is 5.46. The molecule has 1 aliphatic heterocycles. The molecule has 0 saturated carbocycles. The molecule has 0 amide bonds. The van der Waals surface area contributed by atoms with Crippen LogP contribution in [0.25, 0.3) is 0 Å². The summed E-state index contributed by atoms with van der Waals surface area (Å²) in [6, 6.07) is 0. The van der Waals surface area contributed by atoms with Crippen LogP contribution < -0.4 is 10.6 Å². The Morgan fingerprint density at radius 1 is 1.14 bits per heavy atom. The van der Waals surface area contributed by atoms with E-state index in [2.05, 4.69) is 46.7 Å². The van der Waals surface area contributed by atoms with Crippen LogP contribution in [0.5, 0.6) is 0 Å². The normalized spacial score (nSPS) is 19.8. The molecule has 120 valence electrons. The summed E-state index contributed by atoms with van der Waals surface area (Å²) in [4.78, 5) is 0. The number of hydrogen-bond donors (Lipinski definition) is 2. The fraction of sp³-hybridized carbons (Fsp3) is 0.765. The highest BCUT2D eigenvalue weighted by atomic mass is 15.6. The van der Waals surface area contributed by atoms with Crippen LogP contribution in [0.15, 0.2) is 23.4 Å². The number of rotatable bonds is 9. The predicted octanol–water partition coefficient (Wildman–Crippen LogP) is 2.47. The van der Waals surface area contributed by atoms with Crippen molar-refractivity contribution in [1.29, 1.82) is 0 Å². The summed E-state index contributed by atoms with van der Waals surface area (Å²) in [5, 5.41) is 12.1. The first-order chi connectivity index (χ1) is 10.3. The molecule has 1 heterocycles. The van der Waals surface area contributed by atoms with E-state index in [9.17, 15) is 0 Å². The Bertz CT molecular complexity index is 356. The summed E-state index contributed by atoms with van der Waals surface area (Å²) in [5.41, 5.74) is 2.74. The highest BCUT2D eigenvalue weighted by molar-refractivity contribution is 5.30. The maximum atomic E-state index is 3.57. The molecule has 0 aromatic heterocycles. The van der Waals surface area contributed by atoms with Crippen LogP contribution in [0.2, 0.25) is 0 Å². The Morgan fingerprint density at radius 3 is 2.62 bits per heavy atom. The molecule has 0 aromatic carbocycles. The molecular weight excluding hydrogens is 260 g/mol. The van der Waals surface area contributed by atoms with Gasteiger partial charge in [-0.1, -0.05) is 19.1 Å². The summed E-state index contributed by atoms with van der Waals surface area (Å²) >= 11 is 0. The van der Waals surface area contributed by atoms with Gasteiger partial charge < -0.3 is 10.6 Å². The number of nitrogens with zero attached hydrogens (tertiary/aromatic N) is 2. The molecule has 0 unspecified atom stereocenters. The summed E-state index contributed by atoms with van der Waals surface area (Å²) < 4.78 is 0. The van der Waals surface area contributed by atoms with E-state index < -0.39 is 0 Å². The molecule has 1 saturated heterocycles. The summed E-state index contributed by atoms with van der Waals surface area (Å²) in [6.07, 6.45) is 10.9. The molecule has 4 nitrogen and oxygen atoms in total. The highest BCUT2D eigenvalue weighted by Crippen LogP contribution is 2.15. The zero-order chi connectivity index (χ0) is 14.9. The molecule has 21 heavy (non-hydrogen) atoms. The molecule has 0 spiro atoms. The Balaban J connectivity index is 1.53. The quantitative estimate of drug-likeness (QED) is 0.505. The van der Waals surface area contributed by atoms with Gasteiger partial charge in [-0.3, -0.25) is 0 Å². The van der Waals surface area contributed by atoms with Crippen LogP contribution in [0.4, 0.5) is 0 Å². The smallest absolute Gasteiger partial charge is 0.0623 e. The second-order valence-corrected chi connectivity index (χ2v) is 6.00. The van der Waals surface area contributed by atoms with Crippen molar-refractivity contribution in [3.05, 3.63) is 23.4 Å². The lowest BCUT2D eigenvalue weighted by atomic mass is 10.1. The van der Waals surface area contributed by atoms with Crippen LogP contribution in [0.1, 0.15) is 46.0 Å². The van der Waals surface area contributed by atoms with Crippen molar-refractivity contribution < 1.29 is 0 Å². The van der Waals surface area contributed by atoms with Gasteiger partial charge in [-0.05, 0) is 51.1 Å². The standard InChI is InChI=1S/C17H32N4/c1-3-20(21-13-6-7-14-21)15-18-11-8-12-19-17-10-5-4-9-16(17)2/h9-10,18-19H,3-8,11-15H2,1-2H3. The maximum absolute atomic E-state index is 3.57. The van der Waals surface area contributed by atoms with Gasteiger partial charge in [0.05, 0.1) is 6.67 Å². The molecule has 2 N–H and O–H groups in total. The number of hydrazine groups is 1. The Kier molecular flexibility index (Phi) is 7.27. The molecular formula is C17H32N4. The second kappa shape index (κ2) is 9.23. The van der Waals surface area contributed by atoms with Crippen molar-refractivity contribution in [2.75, 3.05) is 39.4 Å². The van der Waals surface area contributed by atoms with Crippen molar-refractivity contribution in [2.45, 2.75) is 46.0 Å². The molecule has 0 bridgehead atoms. The minimum atomic E-state index is 0.984. The number of nitrogens with one attached hydrogen (secondary N) is 2. The largest absolute Gasteiger partial charge is 0.385 e. The average Bonchev–Trinajstić information content (AvgIpc) is 3.02. The first-order valence-corrected chi connectivity index (χ1v) is 8.63. The second-order valence-electron chi connectivity index (χ2n) is 6.00. The highest BCUT2D eigenvalue weighted by Gasteiger charge is 2.17. The van der Waals surface area contributed by atoms with Crippen LogP contribution >= 0.6 is 0 Å². The fourth-order valence-corrected chi connectivity index (χ4v) is 3.05. The van der Waals surface area contributed by atoms with Crippen molar-refractivity contribution in [3.8, 4) is 0 Å². The van der Waals surface area contributed by atoms with Crippen molar-refractivity contribution >= 4 is 0 Å². The Hall–Kier alpha value is -0.840. The molecule has 2 rings (SSSR count). The first-order valence-electron chi connectivity index (χ1n) is 8.63. The van der Waals surface area contributed by atoms with Gasteiger partial charge in [0.1, 0.15) is 0 Å². The van der Waals surface area contributed by atoms with Gasteiger partial charge in [0.15, 0.2) is 0 Å². The van der Waals surface area contributed by atoms with Crippen LogP contribution in [-0.4, -0.2) is 49.4 Å². The molecule has 2 aliphatic rings. The van der Waals surface area contributed by atoms with Crippen LogP contribution in [0.3, 0.4) is 0 Å². The van der Waals surface area contributed by atoms with E-state index in [0.29, 0.717) is 0 Å². The summed E-state index contributed by atoms with van der Waals surface area (Å²) in [6.45, 7) is 11.1. The first kappa shape index (κ1) is 16.5. The molecule has 0 aromatic rings. The van der Waals surface area contributed by atoms with E-state index in [1.807, 2.05) is 0 Å². The third-order valence-electron chi connectivity index (χ3n) is 4.38. The lowest BCUT2D eigenvalue weighted by Crippen LogP contribution is -2.46. The average molecular weight is 292 g/mol. The van der Waals surface area contributed by atoms with E-state index in [1.165, 1.54) is 56.5 Å². The predicted molar refractivity (Wildman–Crippen MR) is 89.8 cm³/mol.